The van der Waals surface area contributed by atoms with Gasteiger partial charge in [-0.1, -0.05) is 27.7 Å². The van der Waals surface area contributed by atoms with E-state index in [1.807, 2.05) is 0 Å². The Morgan fingerprint density at radius 1 is 1.17 bits per heavy atom. The zero-order valence-electron chi connectivity index (χ0n) is 13.2. The van der Waals surface area contributed by atoms with Crippen LogP contribution in [0, 0.1) is 5.92 Å². The van der Waals surface area contributed by atoms with Gasteiger partial charge in [0.15, 0.2) is 0 Å². The third kappa shape index (κ3) is 4.24. The van der Waals surface area contributed by atoms with E-state index in [1.54, 1.807) is 0 Å². The third-order valence-corrected chi connectivity index (χ3v) is 4.78. The Balaban J connectivity index is 2.64. The number of rotatable bonds is 7. The number of hydrogen-bond donors (Lipinski definition) is 1. The van der Waals surface area contributed by atoms with Crippen molar-refractivity contribution < 1.29 is 0 Å². The van der Waals surface area contributed by atoms with Gasteiger partial charge in [0, 0.05) is 18.1 Å². The summed E-state index contributed by atoms with van der Waals surface area (Å²) in [5.41, 5.74) is 0. The van der Waals surface area contributed by atoms with Crippen molar-refractivity contribution in [1.82, 2.24) is 10.2 Å². The minimum absolute atomic E-state index is 0.715. The molecule has 1 rings (SSSR count). The molecule has 1 aliphatic rings. The molecule has 1 saturated carbocycles. The van der Waals surface area contributed by atoms with Gasteiger partial charge in [-0.25, -0.2) is 0 Å². The molecule has 3 unspecified atom stereocenters. The molecular weight excluding hydrogens is 220 g/mol. The minimum Gasteiger partial charge on any atom is -0.312 e. The smallest absolute Gasteiger partial charge is 0.0251 e. The summed E-state index contributed by atoms with van der Waals surface area (Å²) >= 11 is 0. The van der Waals surface area contributed by atoms with E-state index in [4.69, 9.17) is 0 Å². The molecule has 0 aromatic heterocycles. The van der Waals surface area contributed by atoms with Gasteiger partial charge >= 0.3 is 0 Å². The van der Waals surface area contributed by atoms with E-state index >= 15 is 0 Å². The summed E-state index contributed by atoms with van der Waals surface area (Å²) in [6, 6.07) is 2.21. The molecule has 0 aromatic rings. The Bertz CT molecular complexity index is 211. The van der Waals surface area contributed by atoms with Gasteiger partial charge in [0.2, 0.25) is 0 Å². The van der Waals surface area contributed by atoms with E-state index in [1.165, 1.54) is 45.1 Å². The highest BCUT2D eigenvalue weighted by molar-refractivity contribution is 4.91. The van der Waals surface area contributed by atoms with Gasteiger partial charge in [0.05, 0.1) is 0 Å². The molecule has 2 nitrogen and oxygen atoms in total. The van der Waals surface area contributed by atoms with E-state index < -0.39 is 0 Å². The van der Waals surface area contributed by atoms with Crippen molar-refractivity contribution in [2.75, 3.05) is 13.6 Å². The molecule has 0 amide bonds. The van der Waals surface area contributed by atoms with Crippen LogP contribution in [0.25, 0.3) is 0 Å². The summed E-state index contributed by atoms with van der Waals surface area (Å²) in [5, 5.41) is 3.78. The first-order valence-electron chi connectivity index (χ1n) is 8.09. The second-order valence-electron chi connectivity index (χ2n) is 6.18. The predicted octanol–water partition coefficient (Wildman–Crippen LogP) is 3.66. The lowest BCUT2D eigenvalue weighted by Crippen LogP contribution is -2.54. The molecule has 1 N–H and O–H groups in total. The summed E-state index contributed by atoms with van der Waals surface area (Å²) in [4.78, 5) is 2.67. The Morgan fingerprint density at radius 3 is 2.39 bits per heavy atom. The van der Waals surface area contributed by atoms with Gasteiger partial charge in [0.25, 0.3) is 0 Å². The van der Waals surface area contributed by atoms with Crippen molar-refractivity contribution >= 4 is 0 Å². The number of hydrogen-bond acceptors (Lipinski definition) is 2. The first-order valence-corrected chi connectivity index (χ1v) is 8.09. The minimum atomic E-state index is 0.715. The molecule has 2 heteroatoms. The summed E-state index contributed by atoms with van der Waals surface area (Å²) in [7, 11) is 2.35. The molecule has 0 bridgehead atoms. The lowest BCUT2D eigenvalue weighted by molar-refractivity contribution is 0.0834. The first-order chi connectivity index (χ1) is 8.63. The first kappa shape index (κ1) is 16.0. The van der Waals surface area contributed by atoms with Gasteiger partial charge in [-0.05, 0) is 58.0 Å². The summed E-state index contributed by atoms with van der Waals surface area (Å²) in [5.74, 6) is 0.895. The fourth-order valence-corrected chi connectivity index (χ4v) is 3.50. The fraction of sp³-hybridized carbons (Fsp3) is 1.00. The fourth-order valence-electron chi connectivity index (χ4n) is 3.50. The molecule has 108 valence electrons. The van der Waals surface area contributed by atoms with Crippen LogP contribution in [0.5, 0.6) is 0 Å². The molecule has 0 aliphatic heterocycles. The van der Waals surface area contributed by atoms with Crippen LogP contribution in [-0.4, -0.2) is 36.6 Å². The van der Waals surface area contributed by atoms with Gasteiger partial charge in [0.1, 0.15) is 0 Å². The van der Waals surface area contributed by atoms with Gasteiger partial charge in [-0.2, -0.15) is 0 Å². The van der Waals surface area contributed by atoms with Crippen molar-refractivity contribution in [2.45, 2.75) is 84.3 Å². The van der Waals surface area contributed by atoms with Crippen molar-refractivity contribution in [3.8, 4) is 0 Å². The number of likely N-dealkylation sites (N-methyl/N-ethyl adjacent to an activating group) is 1. The summed E-state index contributed by atoms with van der Waals surface area (Å²) in [6.07, 6.45) is 7.92. The molecule has 0 saturated heterocycles. The largest absolute Gasteiger partial charge is 0.312 e. The summed E-state index contributed by atoms with van der Waals surface area (Å²) < 4.78 is 0. The normalized spacial score (nSPS) is 29.2. The Labute approximate surface area is 115 Å². The van der Waals surface area contributed by atoms with Crippen molar-refractivity contribution in [2.24, 2.45) is 5.92 Å². The van der Waals surface area contributed by atoms with Gasteiger partial charge in [-0.3, -0.25) is 4.90 Å². The third-order valence-electron chi connectivity index (χ3n) is 4.78. The van der Waals surface area contributed by atoms with Crippen LogP contribution in [0.4, 0.5) is 0 Å². The van der Waals surface area contributed by atoms with Gasteiger partial charge in [-0.15, -0.1) is 0 Å². The lowest BCUT2D eigenvalue weighted by Gasteiger charge is -2.44. The van der Waals surface area contributed by atoms with Crippen LogP contribution >= 0.6 is 0 Å². The topological polar surface area (TPSA) is 15.3 Å². The highest BCUT2D eigenvalue weighted by atomic mass is 15.2. The van der Waals surface area contributed by atoms with E-state index in [0.717, 1.165) is 18.0 Å². The zero-order valence-corrected chi connectivity index (χ0v) is 13.2. The van der Waals surface area contributed by atoms with Crippen LogP contribution in [0.2, 0.25) is 0 Å². The van der Waals surface area contributed by atoms with Crippen molar-refractivity contribution in [3.63, 3.8) is 0 Å². The summed E-state index contributed by atoms with van der Waals surface area (Å²) in [6.45, 7) is 10.5. The van der Waals surface area contributed by atoms with Crippen molar-refractivity contribution in [1.29, 1.82) is 0 Å². The molecular formula is C16H34N2. The van der Waals surface area contributed by atoms with Crippen LogP contribution in [0.15, 0.2) is 0 Å². The molecule has 3 atom stereocenters. The molecule has 0 heterocycles. The number of nitrogens with one attached hydrogen (secondary N) is 1. The van der Waals surface area contributed by atoms with E-state index in [2.05, 4.69) is 45.0 Å². The molecule has 18 heavy (non-hydrogen) atoms. The lowest BCUT2D eigenvalue weighted by atomic mass is 9.82. The SMILES string of the molecule is CCCNC1CCC(C)CC1N(C)C(CC)CC. The quantitative estimate of drug-likeness (QED) is 0.746. The van der Waals surface area contributed by atoms with E-state index in [-0.39, 0.29) is 0 Å². The van der Waals surface area contributed by atoms with Crippen LogP contribution in [0.1, 0.15) is 66.2 Å². The zero-order chi connectivity index (χ0) is 13.5. The Kier molecular flexibility index (Phi) is 7.25. The van der Waals surface area contributed by atoms with Crippen LogP contribution in [-0.2, 0) is 0 Å². The highest BCUT2D eigenvalue weighted by Crippen LogP contribution is 2.29. The van der Waals surface area contributed by atoms with Crippen molar-refractivity contribution in [3.05, 3.63) is 0 Å². The molecule has 0 aromatic carbocycles. The molecule has 1 fully saturated rings. The maximum atomic E-state index is 3.78. The van der Waals surface area contributed by atoms with E-state index in [9.17, 15) is 0 Å². The van der Waals surface area contributed by atoms with Crippen LogP contribution < -0.4 is 5.32 Å². The average Bonchev–Trinajstić information content (AvgIpc) is 2.38. The molecule has 0 radical (unpaired) electrons. The predicted molar refractivity (Wildman–Crippen MR) is 81.0 cm³/mol. The standard InChI is InChI=1S/C16H34N2/c1-6-11-17-15-10-9-13(4)12-16(15)18(5)14(7-2)8-3/h13-17H,6-12H2,1-5H3. The second kappa shape index (κ2) is 8.16. The Morgan fingerprint density at radius 2 is 1.83 bits per heavy atom. The monoisotopic (exact) mass is 254 g/mol. The van der Waals surface area contributed by atoms with Crippen LogP contribution in [0.3, 0.4) is 0 Å². The maximum Gasteiger partial charge on any atom is 0.0251 e. The Hall–Kier alpha value is -0.0800. The maximum absolute atomic E-state index is 3.78. The molecule has 1 aliphatic carbocycles. The second-order valence-corrected chi connectivity index (χ2v) is 6.18. The average molecular weight is 254 g/mol. The number of nitrogens with zero attached hydrogens (tertiary/aromatic N) is 1. The molecule has 0 spiro atoms. The highest BCUT2D eigenvalue weighted by Gasteiger charge is 2.32. The van der Waals surface area contributed by atoms with E-state index in [0.29, 0.717) is 6.04 Å². The van der Waals surface area contributed by atoms with Gasteiger partial charge < -0.3 is 5.32 Å².